The maximum atomic E-state index is 6.02. The van der Waals surface area contributed by atoms with E-state index in [9.17, 15) is 0 Å². The number of ether oxygens (including phenoxy) is 2. The summed E-state index contributed by atoms with van der Waals surface area (Å²) >= 11 is 2.05. The van der Waals surface area contributed by atoms with Gasteiger partial charge in [-0.05, 0) is 31.1 Å². The monoisotopic (exact) mass is 273 g/mol. The van der Waals surface area contributed by atoms with Gasteiger partial charge in [0.1, 0.15) is 0 Å². The minimum absolute atomic E-state index is 0.0422. The average molecular weight is 273 g/mol. The lowest BCUT2D eigenvalue weighted by Crippen LogP contribution is -2.47. The fourth-order valence-electron chi connectivity index (χ4n) is 3.02. The maximum Gasteiger partial charge on any atom is 0.0939 e. The highest BCUT2D eigenvalue weighted by Gasteiger charge is 2.42. The minimum Gasteiger partial charge on any atom is -0.378 e. The minimum atomic E-state index is 0.0422. The standard InChI is InChI=1S/C14H27NO2S/c1-11(2)18-9-13(15-3)12-4-6-17-14(8-12)5-7-16-10-14/h11-13,15H,4-10H2,1-3H3. The smallest absolute Gasteiger partial charge is 0.0939 e. The van der Waals surface area contributed by atoms with E-state index in [1.54, 1.807) is 0 Å². The summed E-state index contributed by atoms with van der Waals surface area (Å²) in [5, 5.41) is 4.23. The second-order valence-corrected chi connectivity index (χ2v) is 7.47. The van der Waals surface area contributed by atoms with Crippen molar-refractivity contribution in [2.45, 2.75) is 50.0 Å². The van der Waals surface area contributed by atoms with E-state index in [0.717, 1.165) is 38.6 Å². The summed E-state index contributed by atoms with van der Waals surface area (Å²) in [4.78, 5) is 0. The topological polar surface area (TPSA) is 30.5 Å². The largest absolute Gasteiger partial charge is 0.378 e. The van der Waals surface area contributed by atoms with E-state index in [1.807, 2.05) is 0 Å². The van der Waals surface area contributed by atoms with Crippen LogP contribution in [0.5, 0.6) is 0 Å². The lowest BCUT2D eigenvalue weighted by atomic mass is 9.81. The highest BCUT2D eigenvalue weighted by molar-refractivity contribution is 7.99. The molecule has 3 atom stereocenters. The Labute approximate surface area is 115 Å². The van der Waals surface area contributed by atoms with Crippen molar-refractivity contribution in [3.63, 3.8) is 0 Å². The fraction of sp³-hybridized carbons (Fsp3) is 1.00. The first kappa shape index (κ1) is 14.6. The van der Waals surface area contributed by atoms with Crippen LogP contribution >= 0.6 is 11.8 Å². The molecule has 2 aliphatic rings. The molecule has 18 heavy (non-hydrogen) atoms. The van der Waals surface area contributed by atoms with Crippen LogP contribution in [0.15, 0.2) is 0 Å². The van der Waals surface area contributed by atoms with Gasteiger partial charge in [0.25, 0.3) is 0 Å². The zero-order valence-electron chi connectivity index (χ0n) is 11.9. The second kappa shape index (κ2) is 6.60. The molecule has 2 saturated heterocycles. The van der Waals surface area contributed by atoms with Crippen LogP contribution in [0, 0.1) is 5.92 Å². The number of thioether (sulfide) groups is 1. The molecule has 2 fully saturated rings. The number of nitrogens with one attached hydrogen (secondary N) is 1. The Balaban J connectivity index is 1.89. The summed E-state index contributed by atoms with van der Waals surface area (Å²) in [6.45, 7) is 7.12. The van der Waals surface area contributed by atoms with Gasteiger partial charge in [-0.1, -0.05) is 13.8 Å². The van der Waals surface area contributed by atoms with E-state index in [0.29, 0.717) is 11.3 Å². The van der Waals surface area contributed by atoms with Gasteiger partial charge in [0.2, 0.25) is 0 Å². The lowest BCUT2D eigenvalue weighted by Gasteiger charge is -2.40. The summed E-state index contributed by atoms with van der Waals surface area (Å²) in [5.74, 6) is 1.94. The quantitative estimate of drug-likeness (QED) is 0.832. The van der Waals surface area contributed by atoms with Gasteiger partial charge in [-0.15, -0.1) is 0 Å². The molecule has 2 rings (SSSR count). The Morgan fingerprint density at radius 3 is 2.83 bits per heavy atom. The molecule has 2 aliphatic heterocycles. The molecule has 1 spiro atoms. The van der Waals surface area contributed by atoms with Gasteiger partial charge in [0.15, 0.2) is 0 Å². The van der Waals surface area contributed by atoms with Crippen LogP contribution in [-0.4, -0.2) is 49.5 Å². The van der Waals surface area contributed by atoms with Crippen molar-refractivity contribution in [3.8, 4) is 0 Å². The number of hydrogen-bond donors (Lipinski definition) is 1. The first-order chi connectivity index (χ1) is 8.65. The Morgan fingerprint density at radius 1 is 1.39 bits per heavy atom. The summed E-state index contributed by atoms with van der Waals surface area (Å²) < 4.78 is 11.6. The highest BCUT2D eigenvalue weighted by atomic mass is 32.2. The summed E-state index contributed by atoms with van der Waals surface area (Å²) in [5.41, 5.74) is 0.0422. The Morgan fingerprint density at radius 2 is 2.22 bits per heavy atom. The van der Waals surface area contributed by atoms with Gasteiger partial charge in [0, 0.05) is 31.4 Å². The molecule has 106 valence electrons. The van der Waals surface area contributed by atoms with Crippen LogP contribution in [0.2, 0.25) is 0 Å². The maximum absolute atomic E-state index is 6.02. The summed E-state index contributed by atoms with van der Waals surface area (Å²) in [6.07, 6.45) is 3.43. The van der Waals surface area contributed by atoms with Crippen molar-refractivity contribution in [1.29, 1.82) is 0 Å². The predicted molar refractivity (Wildman–Crippen MR) is 77.3 cm³/mol. The molecule has 0 aromatic carbocycles. The summed E-state index contributed by atoms with van der Waals surface area (Å²) in [7, 11) is 2.10. The van der Waals surface area contributed by atoms with Gasteiger partial charge in [0.05, 0.1) is 12.2 Å². The van der Waals surface area contributed by atoms with Gasteiger partial charge in [-0.3, -0.25) is 0 Å². The van der Waals surface area contributed by atoms with Gasteiger partial charge in [-0.2, -0.15) is 11.8 Å². The first-order valence-corrected chi connectivity index (χ1v) is 8.21. The van der Waals surface area contributed by atoms with Crippen molar-refractivity contribution in [2.75, 3.05) is 32.6 Å². The van der Waals surface area contributed by atoms with Crippen LogP contribution in [0.3, 0.4) is 0 Å². The van der Waals surface area contributed by atoms with Gasteiger partial charge in [-0.25, -0.2) is 0 Å². The van der Waals surface area contributed by atoms with E-state index in [4.69, 9.17) is 9.47 Å². The van der Waals surface area contributed by atoms with Gasteiger partial charge < -0.3 is 14.8 Å². The van der Waals surface area contributed by atoms with Crippen LogP contribution in [0.25, 0.3) is 0 Å². The molecule has 4 heteroatoms. The van der Waals surface area contributed by atoms with Crippen LogP contribution in [-0.2, 0) is 9.47 Å². The normalized spacial score (nSPS) is 34.3. The van der Waals surface area contributed by atoms with Crippen molar-refractivity contribution in [1.82, 2.24) is 5.32 Å². The third-order valence-corrected chi connectivity index (χ3v) is 5.37. The first-order valence-electron chi connectivity index (χ1n) is 7.16. The molecule has 2 heterocycles. The zero-order valence-corrected chi connectivity index (χ0v) is 12.7. The van der Waals surface area contributed by atoms with Crippen molar-refractivity contribution >= 4 is 11.8 Å². The van der Waals surface area contributed by atoms with E-state index in [2.05, 4.69) is 38.0 Å². The third kappa shape index (κ3) is 3.62. The lowest BCUT2D eigenvalue weighted by molar-refractivity contribution is -0.101. The molecule has 0 amide bonds. The molecule has 3 unspecified atom stereocenters. The van der Waals surface area contributed by atoms with Gasteiger partial charge >= 0.3 is 0 Å². The SMILES string of the molecule is CNC(CSC(C)C)C1CCOC2(CCOC2)C1. The molecule has 0 aliphatic carbocycles. The predicted octanol–water partition coefficient (Wildman–Crippen LogP) is 2.30. The van der Waals surface area contributed by atoms with Crippen LogP contribution in [0.4, 0.5) is 0 Å². The van der Waals surface area contributed by atoms with Crippen molar-refractivity contribution < 1.29 is 9.47 Å². The van der Waals surface area contributed by atoms with E-state index >= 15 is 0 Å². The molecule has 0 aromatic heterocycles. The van der Waals surface area contributed by atoms with E-state index in [-0.39, 0.29) is 5.60 Å². The average Bonchev–Trinajstić information content (AvgIpc) is 2.78. The third-order valence-electron chi connectivity index (χ3n) is 4.15. The molecular weight excluding hydrogens is 246 g/mol. The zero-order chi connectivity index (χ0) is 13.0. The summed E-state index contributed by atoms with van der Waals surface area (Å²) in [6, 6.07) is 0.610. The molecule has 1 N–H and O–H groups in total. The second-order valence-electron chi connectivity index (χ2n) is 5.86. The van der Waals surface area contributed by atoms with Crippen LogP contribution < -0.4 is 5.32 Å². The molecule has 0 saturated carbocycles. The fourth-order valence-corrected chi connectivity index (χ4v) is 4.05. The van der Waals surface area contributed by atoms with E-state index < -0.39 is 0 Å². The highest BCUT2D eigenvalue weighted by Crippen LogP contribution is 2.37. The molecule has 0 bridgehead atoms. The number of rotatable bonds is 5. The van der Waals surface area contributed by atoms with E-state index in [1.165, 1.54) is 12.2 Å². The Kier molecular flexibility index (Phi) is 5.36. The molecule has 0 radical (unpaired) electrons. The Hall–Kier alpha value is 0.230. The number of hydrogen-bond acceptors (Lipinski definition) is 4. The molecule has 3 nitrogen and oxygen atoms in total. The molecule has 0 aromatic rings. The van der Waals surface area contributed by atoms with Crippen molar-refractivity contribution in [3.05, 3.63) is 0 Å². The van der Waals surface area contributed by atoms with Crippen LogP contribution in [0.1, 0.15) is 33.1 Å². The Bertz CT molecular complexity index is 254. The molecular formula is C14H27NO2S. The van der Waals surface area contributed by atoms with Crippen molar-refractivity contribution in [2.24, 2.45) is 5.92 Å².